The van der Waals surface area contributed by atoms with Crippen LogP contribution >= 0.6 is 0 Å². The summed E-state index contributed by atoms with van der Waals surface area (Å²) in [5.41, 5.74) is 0. The summed E-state index contributed by atoms with van der Waals surface area (Å²) in [4.78, 5) is 26.0. The Kier molecular flexibility index (Phi) is 7.39. The molecule has 18 heavy (non-hydrogen) atoms. The standard InChI is InChI=1S/C13H26N2O3/c1-6-15(8-7-12(16)17)13(18)14(5)11(4)9-10(2)3/h10-11H,6-9H2,1-5H3,(H,16,17). The maximum atomic E-state index is 12.2. The van der Waals surface area contributed by atoms with Gasteiger partial charge in [-0.2, -0.15) is 0 Å². The summed E-state index contributed by atoms with van der Waals surface area (Å²) < 4.78 is 0. The monoisotopic (exact) mass is 258 g/mol. The van der Waals surface area contributed by atoms with E-state index in [9.17, 15) is 9.59 Å². The Bertz CT molecular complexity index is 279. The Hall–Kier alpha value is -1.26. The van der Waals surface area contributed by atoms with Gasteiger partial charge in [0.2, 0.25) is 0 Å². The van der Waals surface area contributed by atoms with Gasteiger partial charge in [0.25, 0.3) is 0 Å². The number of amides is 2. The van der Waals surface area contributed by atoms with E-state index in [1.54, 1.807) is 16.8 Å². The van der Waals surface area contributed by atoms with E-state index in [0.29, 0.717) is 12.5 Å². The third kappa shape index (κ3) is 5.89. The van der Waals surface area contributed by atoms with Crippen molar-refractivity contribution < 1.29 is 14.7 Å². The second-order valence-corrected chi connectivity index (χ2v) is 5.10. The fourth-order valence-electron chi connectivity index (χ4n) is 1.87. The molecule has 5 heteroatoms. The van der Waals surface area contributed by atoms with Crippen LogP contribution in [0.25, 0.3) is 0 Å². The van der Waals surface area contributed by atoms with E-state index < -0.39 is 5.97 Å². The summed E-state index contributed by atoms with van der Waals surface area (Å²) in [6.45, 7) is 8.92. The summed E-state index contributed by atoms with van der Waals surface area (Å²) in [5.74, 6) is -0.344. The Morgan fingerprint density at radius 1 is 1.22 bits per heavy atom. The van der Waals surface area contributed by atoms with Crippen LogP contribution < -0.4 is 0 Å². The van der Waals surface area contributed by atoms with Crippen molar-refractivity contribution >= 4 is 12.0 Å². The number of carbonyl (C=O) groups is 2. The molecule has 0 fully saturated rings. The van der Waals surface area contributed by atoms with Gasteiger partial charge in [-0.1, -0.05) is 13.8 Å². The molecule has 1 N–H and O–H groups in total. The first-order chi connectivity index (χ1) is 8.29. The average Bonchev–Trinajstić information content (AvgIpc) is 2.27. The lowest BCUT2D eigenvalue weighted by Gasteiger charge is -2.31. The lowest BCUT2D eigenvalue weighted by atomic mass is 10.0. The van der Waals surface area contributed by atoms with E-state index in [2.05, 4.69) is 13.8 Å². The van der Waals surface area contributed by atoms with Gasteiger partial charge in [-0.05, 0) is 26.2 Å². The largest absolute Gasteiger partial charge is 0.481 e. The van der Waals surface area contributed by atoms with E-state index >= 15 is 0 Å². The topological polar surface area (TPSA) is 60.9 Å². The quantitative estimate of drug-likeness (QED) is 0.762. The molecule has 0 rings (SSSR count). The van der Waals surface area contributed by atoms with Gasteiger partial charge in [-0.25, -0.2) is 4.79 Å². The van der Waals surface area contributed by atoms with Crippen LogP contribution in [-0.2, 0) is 4.79 Å². The minimum Gasteiger partial charge on any atom is -0.481 e. The number of carboxylic acid groups (broad SMARTS) is 1. The van der Waals surface area contributed by atoms with Crippen molar-refractivity contribution in [3.8, 4) is 0 Å². The minimum absolute atomic E-state index is 0.00795. The zero-order valence-corrected chi connectivity index (χ0v) is 12.1. The van der Waals surface area contributed by atoms with Gasteiger partial charge in [0.15, 0.2) is 0 Å². The lowest BCUT2D eigenvalue weighted by Crippen LogP contribution is -2.46. The molecule has 0 radical (unpaired) electrons. The van der Waals surface area contributed by atoms with Gasteiger partial charge in [-0.15, -0.1) is 0 Å². The molecular weight excluding hydrogens is 232 g/mol. The molecule has 0 spiro atoms. The number of hydrogen-bond acceptors (Lipinski definition) is 2. The maximum Gasteiger partial charge on any atom is 0.319 e. The molecule has 106 valence electrons. The van der Waals surface area contributed by atoms with Crippen molar-refractivity contribution in [2.24, 2.45) is 5.92 Å². The SMILES string of the molecule is CCN(CCC(=O)O)C(=O)N(C)C(C)CC(C)C. The van der Waals surface area contributed by atoms with Crippen molar-refractivity contribution in [3.05, 3.63) is 0 Å². The predicted octanol–water partition coefficient (Wildman–Crippen LogP) is 2.27. The Labute approximate surface area is 110 Å². The number of hydrogen-bond donors (Lipinski definition) is 1. The summed E-state index contributed by atoms with van der Waals surface area (Å²) in [6, 6.07) is 0.0725. The number of aliphatic carboxylic acids is 1. The summed E-state index contributed by atoms with van der Waals surface area (Å²) in [5, 5.41) is 8.65. The molecule has 0 aromatic heterocycles. The van der Waals surface area contributed by atoms with Crippen LogP contribution in [0.3, 0.4) is 0 Å². The molecule has 0 saturated heterocycles. The lowest BCUT2D eigenvalue weighted by molar-refractivity contribution is -0.137. The van der Waals surface area contributed by atoms with Gasteiger partial charge in [0.1, 0.15) is 0 Å². The zero-order valence-electron chi connectivity index (χ0n) is 12.1. The molecule has 5 nitrogen and oxygen atoms in total. The number of carbonyl (C=O) groups excluding carboxylic acids is 1. The third-order valence-electron chi connectivity index (χ3n) is 3.02. The molecular formula is C13H26N2O3. The highest BCUT2D eigenvalue weighted by Crippen LogP contribution is 2.11. The fraction of sp³-hybridized carbons (Fsp3) is 0.846. The summed E-state index contributed by atoms with van der Waals surface area (Å²) in [6.07, 6.45) is 0.935. The zero-order chi connectivity index (χ0) is 14.3. The molecule has 0 bridgehead atoms. The normalized spacial score (nSPS) is 12.3. The van der Waals surface area contributed by atoms with E-state index in [0.717, 1.165) is 6.42 Å². The van der Waals surface area contributed by atoms with Crippen LogP contribution in [0.1, 0.15) is 40.5 Å². The van der Waals surface area contributed by atoms with Gasteiger partial charge in [0.05, 0.1) is 6.42 Å². The third-order valence-corrected chi connectivity index (χ3v) is 3.02. The van der Waals surface area contributed by atoms with Crippen molar-refractivity contribution in [1.82, 2.24) is 9.80 Å². The molecule has 0 aliphatic rings. The van der Waals surface area contributed by atoms with Gasteiger partial charge < -0.3 is 14.9 Å². The van der Waals surface area contributed by atoms with E-state index in [1.807, 2.05) is 13.8 Å². The van der Waals surface area contributed by atoms with Crippen LogP contribution in [0.2, 0.25) is 0 Å². The van der Waals surface area contributed by atoms with Crippen LogP contribution in [0, 0.1) is 5.92 Å². The van der Waals surface area contributed by atoms with Gasteiger partial charge >= 0.3 is 12.0 Å². The first-order valence-corrected chi connectivity index (χ1v) is 6.53. The van der Waals surface area contributed by atoms with Crippen molar-refractivity contribution in [2.45, 2.75) is 46.6 Å². The fourth-order valence-corrected chi connectivity index (χ4v) is 1.87. The van der Waals surface area contributed by atoms with E-state index in [1.165, 1.54) is 0 Å². The van der Waals surface area contributed by atoms with Gasteiger partial charge in [-0.3, -0.25) is 4.79 Å². The average molecular weight is 258 g/mol. The molecule has 0 aromatic carbocycles. The smallest absolute Gasteiger partial charge is 0.319 e. The molecule has 0 heterocycles. The number of urea groups is 1. The van der Waals surface area contributed by atoms with Gasteiger partial charge in [0, 0.05) is 26.2 Å². The van der Waals surface area contributed by atoms with E-state index in [-0.39, 0.29) is 25.0 Å². The number of rotatable bonds is 7. The number of carboxylic acids is 1. The molecule has 0 aromatic rings. The Morgan fingerprint density at radius 3 is 2.17 bits per heavy atom. The van der Waals surface area contributed by atoms with Crippen LogP contribution in [0.15, 0.2) is 0 Å². The first-order valence-electron chi connectivity index (χ1n) is 6.53. The second kappa shape index (κ2) is 7.95. The van der Waals surface area contributed by atoms with Crippen LogP contribution in [0.4, 0.5) is 4.79 Å². The second-order valence-electron chi connectivity index (χ2n) is 5.10. The molecule has 0 aliphatic carbocycles. The molecule has 0 saturated carbocycles. The molecule has 1 unspecified atom stereocenters. The molecule has 0 aliphatic heterocycles. The minimum atomic E-state index is -0.876. The van der Waals surface area contributed by atoms with Crippen molar-refractivity contribution in [1.29, 1.82) is 0 Å². The van der Waals surface area contributed by atoms with Crippen molar-refractivity contribution in [2.75, 3.05) is 20.1 Å². The van der Waals surface area contributed by atoms with Crippen LogP contribution in [0.5, 0.6) is 0 Å². The Balaban J connectivity index is 4.43. The maximum absolute atomic E-state index is 12.2. The first kappa shape index (κ1) is 16.7. The predicted molar refractivity (Wildman–Crippen MR) is 71.6 cm³/mol. The highest BCUT2D eigenvalue weighted by Gasteiger charge is 2.21. The van der Waals surface area contributed by atoms with Crippen LogP contribution in [-0.4, -0.2) is 53.1 Å². The molecule has 2 amide bonds. The van der Waals surface area contributed by atoms with E-state index in [4.69, 9.17) is 5.11 Å². The summed E-state index contributed by atoms with van der Waals surface area (Å²) >= 11 is 0. The van der Waals surface area contributed by atoms with Crippen molar-refractivity contribution in [3.63, 3.8) is 0 Å². The summed E-state index contributed by atoms with van der Waals surface area (Å²) in [7, 11) is 1.78. The highest BCUT2D eigenvalue weighted by molar-refractivity contribution is 5.75. The number of nitrogens with zero attached hydrogens (tertiary/aromatic N) is 2. The molecule has 1 atom stereocenters. The Morgan fingerprint density at radius 2 is 1.78 bits per heavy atom. The highest BCUT2D eigenvalue weighted by atomic mass is 16.4.